The monoisotopic (exact) mass is 302 g/mol. The van der Waals surface area contributed by atoms with E-state index in [9.17, 15) is 0 Å². The third-order valence-corrected chi connectivity index (χ3v) is 3.95. The smallest absolute Gasteiger partial charge is 0.318 e. The number of rotatable bonds is 6. The second-order valence-corrected chi connectivity index (χ2v) is 5.53. The molecule has 2 N–H and O–H groups in total. The molecule has 1 saturated heterocycles. The first-order valence-corrected chi connectivity index (χ1v) is 7.72. The van der Waals surface area contributed by atoms with Gasteiger partial charge >= 0.3 is 6.01 Å². The molecule has 1 aliphatic rings. The number of nitrogens with zero attached hydrogens (tertiary/aromatic N) is 3. The van der Waals surface area contributed by atoms with E-state index in [1.54, 1.807) is 0 Å². The summed E-state index contributed by atoms with van der Waals surface area (Å²) in [6.07, 6.45) is 3.69. The van der Waals surface area contributed by atoms with Crippen LogP contribution in [0.25, 0.3) is 10.9 Å². The molecule has 1 fully saturated rings. The van der Waals surface area contributed by atoms with Crippen LogP contribution in [0, 0.1) is 0 Å². The third-order valence-electron chi connectivity index (χ3n) is 3.95. The van der Waals surface area contributed by atoms with Crippen LogP contribution in [0.5, 0.6) is 11.8 Å². The maximum atomic E-state index is 5.90. The number of benzene rings is 1. The van der Waals surface area contributed by atoms with Gasteiger partial charge in [0.1, 0.15) is 11.6 Å². The van der Waals surface area contributed by atoms with Crippen molar-refractivity contribution in [1.29, 1.82) is 0 Å². The number of methoxy groups -OCH3 is 1. The number of nitrogen functional groups attached to an aromatic ring is 1. The molecule has 0 bridgehead atoms. The molecule has 1 aliphatic heterocycles. The van der Waals surface area contributed by atoms with Crippen LogP contribution >= 0.6 is 0 Å². The van der Waals surface area contributed by atoms with Crippen molar-refractivity contribution in [3.63, 3.8) is 0 Å². The van der Waals surface area contributed by atoms with Crippen LogP contribution in [0.3, 0.4) is 0 Å². The number of hydrogen-bond donors (Lipinski definition) is 1. The molecule has 2 heterocycles. The Hall–Kier alpha value is -2.08. The maximum Gasteiger partial charge on any atom is 0.318 e. The highest BCUT2D eigenvalue weighted by molar-refractivity contribution is 5.89. The summed E-state index contributed by atoms with van der Waals surface area (Å²) in [6, 6.07) is 5.95. The van der Waals surface area contributed by atoms with Gasteiger partial charge in [0, 0.05) is 18.0 Å². The first-order chi connectivity index (χ1) is 10.8. The minimum absolute atomic E-state index is 0.274. The van der Waals surface area contributed by atoms with E-state index < -0.39 is 0 Å². The van der Waals surface area contributed by atoms with Crippen molar-refractivity contribution in [2.45, 2.75) is 19.3 Å². The highest BCUT2D eigenvalue weighted by Gasteiger charge is 2.10. The Morgan fingerprint density at radius 3 is 2.82 bits per heavy atom. The summed E-state index contributed by atoms with van der Waals surface area (Å²) in [7, 11) is 1.53. The van der Waals surface area contributed by atoms with Crippen LogP contribution in [-0.2, 0) is 0 Å². The van der Waals surface area contributed by atoms with Gasteiger partial charge in [-0.3, -0.25) is 0 Å². The zero-order chi connectivity index (χ0) is 15.4. The molecular weight excluding hydrogens is 280 g/mol. The van der Waals surface area contributed by atoms with Gasteiger partial charge in [0.15, 0.2) is 0 Å². The average molecular weight is 302 g/mol. The molecule has 0 aliphatic carbocycles. The van der Waals surface area contributed by atoms with Crippen molar-refractivity contribution in [2.24, 2.45) is 0 Å². The van der Waals surface area contributed by atoms with Crippen molar-refractivity contribution in [1.82, 2.24) is 14.9 Å². The van der Waals surface area contributed by atoms with Gasteiger partial charge in [0.2, 0.25) is 0 Å². The lowest BCUT2D eigenvalue weighted by atomic mass is 10.2. The number of nitrogens with two attached hydrogens (primary N) is 1. The lowest BCUT2D eigenvalue weighted by molar-refractivity contribution is 0.263. The summed E-state index contributed by atoms with van der Waals surface area (Å²) in [5.74, 6) is 1.22. The number of aromatic nitrogens is 2. The first kappa shape index (κ1) is 14.8. The first-order valence-electron chi connectivity index (χ1n) is 7.72. The Balaban J connectivity index is 1.61. The number of fused-ring (bicyclic) bond motifs is 1. The normalized spacial score (nSPS) is 15.3. The summed E-state index contributed by atoms with van der Waals surface area (Å²) < 4.78 is 10.9. The fraction of sp³-hybridized carbons (Fsp3) is 0.500. The Labute approximate surface area is 130 Å². The molecule has 0 atom stereocenters. The Morgan fingerprint density at radius 1 is 1.23 bits per heavy atom. The van der Waals surface area contributed by atoms with E-state index in [4.69, 9.17) is 15.2 Å². The molecule has 2 aromatic rings. The number of hydrogen-bond acceptors (Lipinski definition) is 6. The van der Waals surface area contributed by atoms with Crippen molar-refractivity contribution in [3.05, 3.63) is 18.2 Å². The predicted octanol–water partition coefficient (Wildman–Crippen LogP) is 2.09. The Kier molecular flexibility index (Phi) is 4.58. The highest BCUT2D eigenvalue weighted by atomic mass is 16.5. The van der Waals surface area contributed by atoms with Crippen molar-refractivity contribution >= 4 is 16.7 Å². The largest absolute Gasteiger partial charge is 0.493 e. The molecule has 0 saturated carbocycles. The topological polar surface area (TPSA) is 73.5 Å². The fourth-order valence-electron chi connectivity index (χ4n) is 2.78. The molecule has 1 aromatic heterocycles. The van der Waals surface area contributed by atoms with Gasteiger partial charge in [0.05, 0.1) is 19.2 Å². The van der Waals surface area contributed by atoms with Crippen LogP contribution < -0.4 is 15.2 Å². The molecule has 22 heavy (non-hydrogen) atoms. The van der Waals surface area contributed by atoms with Crippen LogP contribution in [0.4, 0.5) is 5.82 Å². The van der Waals surface area contributed by atoms with Crippen LogP contribution in [0.15, 0.2) is 18.2 Å². The van der Waals surface area contributed by atoms with Gasteiger partial charge in [-0.1, -0.05) is 0 Å². The molecule has 1 aromatic carbocycles. The molecule has 6 heteroatoms. The van der Waals surface area contributed by atoms with Crippen molar-refractivity contribution in [3.8, 4) is 11.8 Å². The second-order valence-electron chi connectivity index (χ2n) is 5.53. The molecule has 118 valence electrons. The lowest BCUT2D eigenvalue weighted by Gasteiger charge is -2.14. The minimum atomic E-state index is 0.274. The summed E-state index contributed by atoms with van der Waals surface area (Å²) >= 11 is 0. The van der Waals surface area contributed by atoms with E-state index in [-0.39, 0.29) is 6.01 Å². The SMILES string of the molecule is COc1nc(N)c2ccc(OCCCN3CCCC3)cc2n1. The van der Waals surface area contributed by atoms with Crippen molar-refractivity contribution in [2.75, 3.05) is 39.1 Å². The number of anilines is 1. The molecule has 0 spiro atoms. The summed E-state index contributed by atoms with van der Waals surface area (Å²) in [5.41, 5.74) is 6.63. The Morgan fingerprint density at radius 2 is 2.05 bits per heavy atom. The highest BCUT2D eigenvalue weighted by Crippen LogP contribution is 2.24. The molecule has 0 unspecified atom stereocenters. The van der Waals surface area contributed by atoms with E-state index in [0.29, 0.717) is 12.4 Å². The Bertz CT molecular complexity index is 641. The van der Waals surface area contributed by atoms with Gasteiger partial charge < -0.3 is 20.1 Å². The summed E-state index contributed by atoms with van der Waals surface area (Å²) in [6.45, 7) is 4.27. The van der Waals surface area contributed by atoms with Gasteiger partial charge in [-0.05, 0) is 44.5 Å². The zero-order valence-electron chi connectivity index (χ0n) is 12.9. The number of likely N-dealkylation sites (tertiary alicyclic amines) is 1. The van der Waals surface area contributed by atoms with E-state index in [1.807, 2.05) is 18.2 Å². The maximum absolute atomic E-state index is 5.90. The van der Waals surface area contributed by atoms with E-state index >= 15 is 0 Å². The third kappa shape index (κ3) is 3.39. The second kappa shape index (κ2) is 6.79. The van der Waals surface area contributed by atoms with Gasteiger partial charge in [-0.2, -0.15) is 9.97 Å². The molecule has 3 rings (SSSR count). The van der Waals surface area contributed by atoms with Gasteiger partial charge in [-0.15, -0.1) is 0 Å². The molecule has 0 radical (unpaired) electrons. The predicted molar refractivity (Wildman–Crippen MR) is 86.3 cm³/mol. The minimum Gasteiger partial charge on any atom is -0.493 e. The average Bonchev–Trinajstić information content (AvgIpc) is 3.04. The lowest BCUT2D eigenvalue weighted by Crippen LogP contribution is -2.21. The standard InChI is InChI=1S/C16H22N4O2/c1-21-16-18-14-11-12(5-6-13(14)15(17)19-16)22-10-4-9-20-7-2-3-8-20/h5-6,11H,2-4,7-10H2,1H3,(H2,17,18,19). The van der Waals surface area contributed by atoms with Crippen molar-refractivity contribution < 1.29 is 9.47 Å². The molecular formula is C16H22N4O2. The summed E-state index contributed by atoms with van der Waals surface area (Å²) in [5, 5.41) is 0.810. The summed E-state index contributed by atoms with van der Waals surface area (Å²) in [4.78, 5) is 10.9. The van der Waals surface area contributed by atoms with Crippen LogP contribution in [0.1, 0.15) is 19.3 Å². The van der Waals surface area contributed by atoms with Crippen LogP contribution in [0.2, 0.25) is 0 Å². The van der Waals surface area contributed by atoms with Gasteiger partial charge in [0.25, 0.3) is 0 Å². The fourth-order valence-corrected chi connectivity index (χ4v) is 2.78. The van der Waals surface area contributed by atoms with E-state index in [2.05, 4.69) is 14.9 Å². The van der Waals surface area contributed by atoms with E-state index in [0.717, 1.165) is 29.6 Å². The van der Waals surface area contributed by atoms with E-state index in [1.165, 1.54) is 33.0 Å². The molecule has 6 nitrogen and oxygen atoms in total. The van der Waals surface area contributed by atoms with Crippen LogP contribution in [-0.4, -0.2) is 48.2 Å². The number of ether oxygens (including phenoxy) is 2. The molecule has 0 amide bonds. The quantitative estimate of drug-likeness (QED) is 0.824. The van der Waals surface area contributed by atoms with Gasteiger partial charge in [-0.25, -0.2) is 0 Å². The zero-order valence-corrected chi connectivity index (χ0v) is 12.9.